The summed E-state index contributed by atoms with van der Waals surface area (Å²) in [5, 5.41) is 4.16. The summed E-state index contributed by atoms with van der Waals surface area (Å²) in [4.78, 5) is 0. The number of benzene rings is 2. The van der Waals surface area contributed by atoms with E-state index in [1.54, 1.807) is 0 Å². The van der Waals surface area contributed by atoms with E-state index in [0.29, 0.717) is 6.04 Å². The molecule has 0 radical (unpaired) electrons. The van der Waals surface area contributed by atoms with Gasteiger partial charge in [-0.2, -0.15) is 0 Å². The molecule has 0 fully saturated rings. The number of rotatable bonds is 4. The van der Waals surface area contributed by atoms with Crippen LogP contribution in [0.5, 0.6) is 0 Å². The highest BCUT2D eigenvalue weighted by atomic mass is 35.5. The standard InChI is InChI=1S/C17H20ClN/c1-12-8-13(2)10-14(9-12)11-17(19-3)15-4-6-16(18)7-5-15/h4-10,17,19H,11H2,1-3H3. The highest BCUT2D eigenvalue weighted by Crippen LogP contribution is 2.21. The first-order valence-corrected chi connectivity index (χ1v) is 6.96. The molecular weight excluding hydrogens is 254 g/mol. The highest BCUT2D eigenvalue weighted by Gasteiger charge is 2.10. The van der Waals surface area contributed by atoms with Crippen LogP contribution in [0.1, 0.15) is 28.3 Å². The van der Waals surface area contributed by atoms with Crippen LogP contribution in [-0.4, -0.2) is 7.05 Å². The molecule has 0 spiro atoms. The van der Waals surface area contributed by atoms with Crippen molar-refractivity contribution >= 4 is 11.6 Å². The van der Waals surface area contributed by atoms with Crippen molar-refractivity contribution in [3.63, 3.8) is 0 Å². The number of nitrogens with one attached hydrogen (secondary N) is 1. The Kier molecular flexibility index (Phi) is 4.62. The number of halogens is 1. The Bertz CT molecular complexity index is 525. The van der Waals surface area contributed by atoms with Gasteiger partial charge in [0.05, 0.1) is 0 Å². The molecule has 2 heteroatoms. The maximum atomic E-state index is 5.94. The van der Waals surface area contributed by atoms with Gasteiger partial charge in [-0.15, -0.1) is 0 Å². The molecule has 0 heterocycles. The van der Waals surface area contributed by atoms with Gasteiger partial charge in [-0.05, 0) is 50.6 Å². The molecule has 2 rings (SSSR count). The highest BCUT2D eigenvalue weighted by molar-refractivity contribution is 6.30. The number of likely N-dealkylation sites (N-methyl/N-ethyl adjacent to an activating group) is 1. The molecule has 0 aliphatic rings. The van der Waals surface area contributed by atoms with Crippen LogP contribution >= 0.6 is 11.6 Å². The van der Waals surface area contributed by atoms with Gasteiger partial charge in [0.15, 0.2) is 0 Å². The normalized spacial score (nSPS) is 12.4. The lowest BCUT2D eigenvalue weighted by Gasteiger charge is -2.17. The van der Waals surface area contributed by atoms with Crippen molar-refractivity contribution in [3.05, 3.63) is 69.7 Å². The maximum absolute atomic E-state index is 5.94. The van der Waals surface area contributed by atoms with Crippen molar-refractivity contribution in [3.8, 4) is 0 Å². The van der Waals surface area contributed by atoms with E-state index in [4.69, 9.17) is 11.6 Å². The smallest absolute Gasteiger partial charge is 0.0406 e. The van der Waals surface area contributed by atoms with Crippen LogP contribution in [0.25, 0.3) is 0 Å². The SMILES string of the molecule is CNC(Cc1cc(C)cc(C)c1)c1ccc(Cl)cc1. The molecule has 0 aliphatic carbocycles. The summed E-state index contributed by atoms with van der Waals surface area (Å²) < 4.78 is 0. The lowest BCUT2D eigenvalue weighted by molar-refractivity contribution is 0.592. The van der Waals surface area contributed by atoms with Crippen molar-refractivity contribution in [2.45, 2.75) is 26.3 Å². The third-order valence-electron chi connectivity index (χ3n) is 3.34. The van der Waals surface area contributed by atoms with Crippen LogP contribution in [0, 0.1) is 13.8 Å². The van der Waals surface area contributed by atoms with Crippen molar-refractivity contribution in [1.82, 2.24) is 5.32 Å². The Balaban J connectivity index is 2.21. The van der Waals surface area contributed by atoms with Crippen LogP contribution in [0.15, 0.2) is 42.5 Å². The lowest BCUT2D eigenvalue weighted by atomic mass is 9.97. The summed E-state index contributed by atoms with van der Waals surface area (Å²) >= 11 is 5.94. The second-order valence-corrected chi connectivity index (χ2v) is 5.53. The first kappa shape index (κ1) is 14.1. The second kappa shape index (κ2) is 6.23. The second-order valence-electron chi connectivity index (χ2n) is 5.09. The average Bonchev–Trinajstić information content (AvgIpc) is 2.36. The maximum Gasteiger partial charge on any atom is 0.0406 e. The summed E-state index contributed by atoms with van der Waals surface area (Å²) in [7, 11) is 2.00. The fraction of sp³-hybridized carbons (Fsp3) is 0.294. The molecular formula is C17H20ClN. The van der Waals surface area contributed by atoms with Crippen molar-refractivity contribution in [1.29, 1.82) is 0 Å². The van der Waals surface area contributed by atoms with E-state index >= 15 is 0 Å². The van der Waals surface area contributed by atoms with Gasteiger partial charge < -0.3 is 5.32 Å². The lowest BCUT2D eigenvalue weighted by Crippen LogP contribution is -2.18. The van der Waals surface area contributed by atoms with Crippen molar-refractivity contribution in [2.75, 3.05) is 7.05 Å². The molecule has 2 aromatic carbocycles. The van der Waals surface area contributed by atoms with E-state index in [-0.39, 0.29) is 0 Å². The van der Waals surface area contributed by atoms with Crippen LogP contribution in [-0.2, 0) is 6.42 Å². The van der Waals surface area contributed by atoms with E-state index < -0.39 is 0 Å². The zero-order valence-electron chi connectivity index (χ0n) is 11.7. The minimum atomic E-state index is 0.318. The molecule has 1 atom stereocenters. The predicted octanol–water partition coefficient (Wildman–Crippen LogP) is 4.46. The summed E-state index contributed by atoms with van der Waals surface area (Å²) in [6.07, 6.45) is 0.987. The van der Waals surface area contributed by atoms with E-state index in [2.05, 4.69) is 49.5 Å². The first-order valence-electron chi connectivity index (χ1n) is 6.58. The van der Waals surface area contributed by atoms with Crippen LogP contribution in [0.2, 0.25) is 5.02 Å². The number of hydrogen-bond acceptors (Lipinski definition) is 1. The topological polar surface area (TPSA) is 12.0 Å². The van der Waals surface area contributed by atoms with E-state index in [0.717, 1.165) is 11.4 Å². The zero-order valence-corrected chi connectivity index (χ0v) is 12.5. The summed E-state index contributed by atoms with van der Waals surface area (Å²) in [6, 6.07) is 15.1. The fourth-order valence-electron chi connectivity index (χ4n) is 2.50. The van der Waals surface area contributed by atoms with E-state index in [9.17, 15) is 0 Å². The molecule has 1 N–H and O–H groups in total. The minimum Gasteiger partial charge on any atom is -0.313 e. The summed E-state index contributed by atoms with van der Waals surface area (Å²) in [6.45, 7) is 4.29. The Morgan fingerprint density at radius 2 is 1.58 bits per heavy atom. The molecule has 100 valence electrons. The van der Waals surface area contributed by atoms with Gasteiger partial charge in [-0.25, -0.2) is 0 Å². The van der Waals surface area contributed by atoms with E-state index in [1.165, 1.54) is 22.3 Å². The van der Waals surface area contributed by atoms with Crippen LogP contribution in [0.4, 0.5) is 0 Å². The quantitative estimate of drug-likeness (QED) is 0.867. The number of hydrogen-bond donors (Lipinski definition) is 1. The molecule has 1 unspecified atom stereocenters. The van der Waals surface area contributed by atoms with Crippen molar-refractivity contribution in [2.24, 2.45) is 0 Å². The van der Waals surface area contributed by atoms with Crippen molar-refractivity contribution < 1.29 is 0 Å². The molecule has 0 aromatic heterocycles. The van der Waals surface area contributed by atoms with Gasteiger partial charge in [-0.1, -0.05) is 53.1 Å². The molecule has 2 aromatic rings. The fourth-order valence-corrected chi connectivity index (χ4v) is 2.63. The monoisotopic (exact) mass is 273 g/mol. The Hall–Kier alpha value is -1.31. The summed E-state index contributed by atoms with van der Waals surface area (Å²) in [5.41, 5.74) is 5.28. The zero-order chi connectivity index (χ0) is 13.8. The van der Waals surface area contributed by atoms with Gasteiger partial charge >= 0.3 is 0 Å². The Morgan fingerprint density at radius 1 is 1.00 bits per heavy atom. The summed E-state index contributed by atoms with van der Waals surface area (Å²) in [5.74, 6) is 0. The number of aryl methyl sites for hydroxylation is 2. The third-order valence-corrected chi connectivity index (χ3v) is 3.59. The minimum absolute atomic E-state index is 0.318. The molecule has 0 bridgehead atoms. The van der Waals surface area contributed by atoms with Gasteiger partial charge in [0.2, 0.25) is 0 Å². The third kappa shape index (κ3) is 3.82. The van der Waals surface area contributed by atoms with Crippen LogP contribution in [0.3, 0.4) is 0 Å². The van der Waals surface area contributed by atoms with Gasteiger partial charge in [0.1, 0.15) is 0 Å². The molecule has 0 amide bonds. The Morgan fingerprint density at radius 3 is 2.11 bits per heavy atom. The van der Waals surface area contributed by atoms with Gasteiger partial charge in [-0.3, -0.25) is 0 Å². The van der Waals surface area contributed by atoms with Gasteiger partial charge in [0.25, 0.3) is 0 Å². The van der Waals surface area contributed by atoms with E-state index in [1.807, 2.05) is 19.2 Å². The molecule has 1 nitrogen and oxygen atoms in total. The Labute approximate surface area is 120 Å². The molecule has 19 heavy (non-hydrogen) atoms. The molecule has 0 saturated heterocycles. The predicted molar refractivity (Wildman–Crippen MR) is 82.9 cm³/mol. The average molecular weight is 274 g/mol. The van der Waals surface area contributed by atoms with Crippen LogP contribution < -0.4 is 5.32 Å². The molecule has 0 saturated carbocycles. The van der Waals surface area contributed by atoms with Gasteiger partial charge in [0, 0.05) is 11.1 Å². The largest absolute Gasteiger partial charge is 0.313 e. The first-order chi connectivity index (χ1) is 9.08. The molecule has 0 aliphatic heterocycles.